The van der Waals surface area contributed by atoms with Crippen molar-refractivity contribution >= 4 is 0 Å². The van der Waals surface area contributed by atoms with E-state index in [0.29, 0.717) is 0 Å². The van der Waals surface area contributed by atoms with E-state index in [-0.39, 0.29) is 17.9 Å². The molecule has 108 valence electrons. The Bertz CT molecular complexity index is 604. The van der Waals surface area contributed by atoms with Gasteiger partial charge in [0, 0.05) is 30.4 Å². The minimum atomic E-state index is -0.197. The lowest BCUT2D eigenvalue weighted by atomic mass is 10.0. The van der Waals surface area contributed by atoms with E-state index in [4.69, 9.17) is 0 Å². The number of halogens is 1. The zero-order valence-electron chi connectivity index (χ0n) is 12.7. The fourth-order valence-electron chi connectivity index (χ4n) is 2.75. The number of hydrogen-bond acceptors (Lipinski definition) is 2. The molecule has 4 heteroatoms. The number of aryl methyl sites for hydroxylation is 2. The molecule has 0 radical (unpaired) electrons. The molecule has 20 heavy (non-hydrogen) atoms. The normalized spacial score (nSPS) is 14.3. The minimum absolute atomic E-state index is 0.0831. The monoisotopic (exact) mass is 275 g/mol. The highest BCUT2D eigenvalue weighted by atomic mass is 19.1. The number of nitrogens with zero attached hydrogens (tertiary/aromatic N) is 2. The summed E-state index contributed by atoms with van der Waals surface area (Å²) in [6.07, 6.45) is 0. The van der Waals surface area contributed by atoms with Gasteiger partial charge in [-0.25, -0.2) is 4.39 Å². The molecule has 1 heterocycles. The van der Waals surface area contributed by atoms with Gasteiger partial charge in [-0.1, -0.05) is 12.1 Å². The lowest BCUT2D eigenvalue weighted by Gasteiger charge is -2.21. The lowest BCUT2D eigenvalue weighted by molar-refractivity contribution is 0.488. The van der Waals surface area contributed by atoms with E-state index >= 15 is 0 Å². The highest BCUT2D eigenvalue weighted by Crippen LogP contribution is 2.24. The Balaban J connectivity index is 2.17. The van der Waals surface area contributed by atoms with E-state index in [0.717, 1.165) is 17.0 Å². The number of nitrogens with one attached hydrogen (secondary N) is 1. The molecule has 1 N–H and O–H groups in total. The molecule has 2 atom stereocenters. The molecular weight excluding hydrogens is 253 g/mol. The average molecular weight is 275 g/mol. The van der Waals surface area contributed by atoms with Gasteiger partial charge >= 0.3 is 0 Å². The van der Waals surface area contributed by atoms with Crippen molar-refractivity contribution in [1.82, 2.24) is 15.1 Å². The van der Waals surface area contributed by atoms with Gasteiger partial charge in [-0.2, -0.15) is 5.10 Å². The van der Waals surface area contributed by atoms with Gasteiger partial charge in [-0.3, -0.25) is 4.68 Å². The third-order valence-electron chi connectivity index (χ3n) is 3.85. The molecule has 0 saturated carbocycles. The van der Waals surface area contributed by atoms with Crippen LogP contribution in [-0.2, 0) is 7.05 Å². The predicted octanol–water partition coefficient (Wildman–Crippen LogP) is 3.59. The maximum absolute atomic E-state index is 13.3. The average Bonchev–Trinajstić information content (AvgIpc) is 2.63. The van der Waals surface area contributed by atoms with Crippen LogP contribution in [0.5, 0.6) is 0 Å². The minimum Gasteiger partial charge on any atom is -0.304 e. The summed E-state index contributed by atoms with van der Waals surface area (Å²) < 4.78 is 15.2. The first-order valence-electron chi connectivity index (χ1n) is 6.91. The molecule has 0 saturated heterocycles. The summed E-state index contributed by atoms with van der Waals surface area (Å²) >= 11 is 0. The van der Waals surface area contributed by atoms with Crippen molar-refractivity contribution in [1.29, 1.82) is 0 Å². The van der Waals surface area contributed by atoms with Crippen LogP contribution < -0.4 is 5.32 Å². The second kappa shape index (κ2) is 5.75. The Morgan fingerprint density at radius 1 is 1.20 bits per heavy atom. The lowest BCUT2D eigenvalue weighted by Crippen LogP contribution is -2.23. The van der Waals surface area contributed by atoms with Crippen LogP contribution in [0.3, 0.4) is 0 Å². The Morgan fingerprint density at radius 3 is 2.45 bits per heavy atom. The Morgan fingerprint density at radius 2 is 1.90 bits per heavy atom. The molecule has 0 amide bonds. The smallest absolute Gasteiger partial charge is 0.123 e. The van der Waals surface area contributed by atoms with E-state index in [1.807, 2.05) is 31.6 Å². The summed E-state index contributed by atoms with van der Waals surface area (Å²) in [5.74, 6) is -0.197. The van der Waals surface area contributed by atoms with Crippen molar-refractivity contribution in [3.63, 3.8) is 0 Å². The van der Waals surface area contributed by atoms with E-state index in [9.17, 15) is 4.39 Å². The Labute approximate surface area is 119 Å². The van der Waals surface area contributed by atoms with Crippen LogP contribution in [0.25, 0.3) is 0 Å². The Hall–Kier alpha value is -1.68. The van der Waals surface area contributed by atoms with Gasteiger partial charge in [0.15, 0.2) is 0 Å². The maximum Gasteiger partial charge on any atom is 0.123 e. The standard InChI is InChI=1S/C16H22FN3/c1-10(14-7-6-8-15(17)9-14)18-11(2)16-12(3)19-20(5)13(16)4/h6-11,18H,1-5H3/t10-,11?/m0/s1. The number of aromatic nitrogens is 2. The van der Waals surface area contributed by atoms with E-state index in [1.165, 1.54) is 11.6 Å². The largest absolute Gasteiger partial charge is 0.304 e. The van der Waals surface area contributed by atoms with Gasteiger partial charge in [0.05, 0.1) is 5.69 Å². The van der Waals surface area contributed by atoms with Crippen LogP contribution >= 0.6 is 0 Å². The first-order chi connectivity index (χ1) is 9.40. The summed E-state index contributed by atoms with van der Waals surface area (Å²) in [5, 5.41) is 7.96. The molecule has 2 aromatic rings. The van der Waals surface area contributed by atoms with Gasteiger partial charge in [0.2, 0.25) is 0 Å². The number of rotatable bonds is 4. The van der Waals surface area contributed by atoms with Crippen LogP contribution in [0, 0.1) is 19.7 Å². The van der Waals surface area contributed by atoms with Gasteiger partial charge < -0.3 is 5.32 Å². The molecule has 1 unspecified atom stereocenters. The van der Waals surface area contributed by atoms with Crippen molar-refractivity contribution < 1.29 is 4.39 Å². The molecule has 1 aromatic heterocycles. The summed E-state index contributed by atoms with van der Waals surface area (Å²) in [6.45, 7) is 8.26. The van der Waals surface area contributed by atoms with Gasteiger partial charge in [0.25, 0.3) is 0 Å². The van der Waals surface area contributed by atoms with Crippen LogP contribution in [0.15, 0.2) is 24.3 Å². The fourth-order valence-corrected chi connectivity index (χ4v) is 2.75. The molecule has 0 aliphatic heterocycles. The molecule has 0 aliphatic rings. The van der Waals surface area contributed by atoms with Gasteiger partial charge in [-0.15, -0.1) is 0 Å². The van der Waals surface area contributed by atoms with Crippen LogP contribution in [0.1, 0.15) is 48.4 Å². The van der Waals surface area contributed by atoms with E-state index in [1.54, 1.807) is 12.1 Å². The predicted molar refractivity (Wildman–Crippen MR) is 79.0 cm³/mol. The number of hydrogen-bond donors (Lipinski definition) is 1. The van der Waals surface area contributed by atoms with Crippen molar-refractivity contribution in [3.05, 3.63) is 52.6 Å². The molecule has 0 bridgehead atoms. The fraction of sp³-hybridized carbons (Fsp3) is 0.438. The van der Waals surface area contributed by atoms with Crippen LogP contribution in [0.4, 0.5) is 4.39 Å². The molecule has 3 nitrogen and oxygen atoms in total. The molecule has 2 rings (SSSR count). The molecule has 1 aromatic carbocycles. The van der Waals surface area contributed by atoms with Crippen molar-refractivity contribution in [2.75, 3.05) is 0 Å². The third kappa shape index (κ3) is 2.90. The first kappa shape index (κ1) is 14.7. The van der Waals surface area contributed by atoms with Gasteiger partial charge in [0.1, 0.15) is 5.82 Å². The summed E-state index contributed by atoms with van der Waals surface area (Å²) in [4.78, 5) is 0. The number of benzene rings is 1. The maximum atomic E-state index is 13.3. The van der Waals surface area contributed by atoms with E-state index < -0.39 is 0 Å². The second-order valence-corrected chi connectivity index (χ2v) is 5.37. The summed E-state index contributed by atoms with van der Waals surface area (Å²) in [5.41, 5.74) is 4.37. The zero-order chi connectivity index (χ0) is 14.9. The molecular formula is C16H22FN3. The highest BCUT2D eigenvalue weighted by Gasteiger charge is 2.18. The Kier molecular flexibility index (Phi) is 4.23. The zero-order valence-corrected chi connectivity index (χ0v) is 12.7. The van der Waals surface area contributed by atoms with Crippen molar-refractivity contribution in [3.8, 4) is 0 Å². The second-order valence-electron chi connectivity index (χ2n) is 5.37. The summed E-state index contributed by atoms with van der Waals surface area (Å²) in [7, 11) is 1.95. The van der Waals surface area contributed by atoms with Crippen LogP contribution in [0.2, 0.25) is 0 Å². The third-order valence-corrected chi connectivity index (χ3v) is 3.85. The van der Waals surface area contributed by atoms with Crippen molar-refractivity contribution in [2.45, 2.75) is 39.8 Å². The van der Waals surface area contributed by atoms with Crippen molar-refractivity contribution in [2.24, 2.45) is 7.05 Å². The SMILES string of the molecule is Cc1nn(C)c(C)c1C(C)N[C@@H](C)c1cccc(F)c1. The highest BCUT2D eigenvalue weighted by molar-refractivity contribution is 5.28. The van der Waals surface area contributed by atoms with E-state index in [2.05, 4.69) is 24.3 Å². The molecule has 0 spiro atoms. The summed E-state index contributed by atoms with van der Waals surface area (Å²) in [6, 6.07) is 6.98. The molecule has 0 aliphatic carbocycles. The quantitative estimate of drug-likeness (QED) is 0.924. The topological polar surface area (TPSA) is 29.9 Å². The van der Waals surface area contributed by atoms with Crippen LogP contribution in [-0.4, -0.2) is 9.78 Å². The first-order valence-corrected chi connectivity index (χ1v) is 6.91. The van der Waals surface area contributed by atoms with Gasteiger partial charge in [-0.05, 0) is 45.4 Å². The molecule has 0 fully saturated rings.